The summed E-state index contributed by atoms with van der Waals surface area (Å²) in [6.45, 7) is 0. The van der Waals surface area contributed by atoms with Gasteiger partial charge in [0.25, 0.3) is 0 Å². The fraction of sp³-hybridized carbons (Fsp3) is 0. The third kappa shape index (κ3) is 2.02. The van der Waals surface area contributed by atoms with E-state index in [4.69, 9.17) is 4.52 Å². The van der Waals surface area contributed by atoms with Crippen molar-refractivity contribution in [2.75, 3.05) is 0 Å². The highest BCUT2D eigenvalue weighted by Crippen LogP contribution is 2.25. The van der Waals surface area contributed by atoms with Gasteiger partial charge in [-0.1, -0.05) is 35.5 Å². The zero-order valence-corrected chi connectivity index (χ0v) is 9.51. The zero-order valence-electron chi connectivity index (χ0n) is 9.51. The summed E-state index contributed by atoms with van der Waals surface area (Å²) in [5.41, 5.74) is 2.51. The molecule has 1 heterocycles. The molecule has 1 aromatic heterocycles. The first-order valence-electron chi connectivity index (χ1n) is 5.61. The molecule has 0 amide bonds. The Balaban J connectivity index is 1.97. The van der Waals surface area contributed by atoms with E-state index in [9.17, 15) is 4.39 Å². The first kappa shape index (κ1) is 10.7. The van der Waals surface area contributed by atoms with Crippen LogP contribution >= 0.6 is 0 Å². The number of nitrogens with zero attached hydrogens (tertiary/aromatic N) is 1. The Kier molecular flexibility index (Phi) is 2.65. The molecule has 3 heteroatoms. The molecule has 0 aliphatic heterocycles. The van der Waals surface area contributed by atoms with Crippen LogP contribution in [0.2, 0.25) is 0 Å². The molecule has 0 fully saturated rings. The van der Waals surface area contributed by atoms with Crippen LogP contribution < -0.4 is 0 Å². The molecule has 0 atom stereocenters. The highest BCUT2D eigenvalue weighted by molar-refractivity contribution is 5.66. The summed E-state index contributed by atoms with van der Waals surface area (Å²) in [5, 5.41) is 4.00. The van der Waals surface area contributed by atoms with Crippen LogP contribution in [0.4, 0.5) is 4.39 Å². The lowest BCUT2D eigenvalue weighted by Gasteiger charge is -1.93. The molecule has 3 aromatic rings. The van der Waals surface area contributed by atoms with Crippen molar-refractivity contribution in [2.45, 2.75) is 0 Å². The van der Waals surface area contributed by atoms with E-state index in [2.05, 4.69) is 5.16 Å². The number of benzene rings is 2. The normalized spacial score (nSPS) is 10.5. The van der Waals surface area contributed by atoms with Gasteiger partial charge in [0.15, 0.2) is 5.76 Å². The van der Waals surface area contributed by atoms with Crippen LogP contribution in [0, 0.1) is 5.82 Å². The van der Waals surface area contributed by atoms with Crippen molar-refractivity contribution in [1.82, 2.24) is 5.16 Å². The Morgan fingerprint density at radius 1 is 0.833 bits per heavy atom. The van der Waals surface area contributed by atoms with E-state index < -0.39 is 0 Å². The van der Waals surface area contributed by atoms with E-state index in [1.54, 1.807) is 12.1 Å². The molecule has 0 unspecified atom stereocenters. The summed E-state index contributed by atoms with van der Waals surface area (Å²) in [6, 6.07) is 17.8. The third-order valence-corrected chi connectivity index (χ3v) is 2.71. The molecule has 0 N–H and O–H groups in total. The van der Waals surface area contributed by atoms with E-state index in [0.29, 0.717) is 11.5 Å². The minimum atomic E-state index is -0.259. The quantitative estimate of drug-likeness (QED) is 0.670. The number of hydrogen-bond donors (Lipinski definition) is 0. The first-order chi connectivity index (χ1) is 8.83. The lowest BCUT2D eigenvalue weighted by molar-refractivity contribution is 0.435. The number of halogens is 1. The molecule has 0 aliphatic rings. The predicted molar refractivity (Wildman–Crippen MR) is 67.3 cm³/mol. The minimum absolute atomic E-state index is 0.259. The molecule has 3 rings (SSSR count). The van der Waals surface area contributed by atoms with Crippen molar-refractivity contribution in [3.8, 4) is 22.6 Å². The van der Waals surface area contributed by atoms with E-state index in [0.717, 1.165) is 11.1 Å². The van der Waals surface area contributed by atoms with Gasteiger partial charge in [-0.25, -0.2) is 4.39 Å². The van der Waals surface area contributed by atoms with Crippen molar-refractivity contribution < 1.29 is 8.91 Å². The Morgan fingerprint density at radius 3 is 2.28 bits per heavy atom. The number of hydrogen-bond acceptors (Lipinski definition) is 2. The smallest absolute Gasteiger partial charge is 0.167 e. The molecule has 0 spiro atoms. The maximum absolute atomic E-state index is 12.8. The van der Waals surface area contributed by atoms with Crippen molar-refractivity contribution in [3.63, 3.8) is 0 Å². The molecule has 18 heavy (non-hydrogen) atoms. The monoisotopic (exact) mass is 238 g/mol. The molecule has 2 aromatic carbocycles. The summed E-state index contributed by atoms with van der Waals surface area (Å²) in [5.74, 6) is 0.445. The summed E-state index contributed by atoms with van der Waals surface area (Å²) >= 11 is 0. The van der Waals surface area contributed by atoms with Gasteiger partial charge in [-0.05, 0) is 24.3 Å². The van der Waals surface area contributed by atoms with Crippen molar-refractivity contribution in [2.24, 2.45) is 0 Å². The van der Waals surface area contributed by atoms with Gasteiger partial charge in [-0.3, -0.25) is 0 Å². The Morgan fingerprint density at radius 2 is 1.56 bits per heavy atom. The van der Waals surface area contributed by atoms with Crippen LogP contribution in [-0.2, 0) is 0 Å². The lowest BCUT2D eigenvalue weighted by Crippen LogP contribution is -1.77. The predicted octanol–water partition coefficient (Wildman–Crippen LogP) is 4.15. The van der Waals surface area contributed by atoms with Gasteiger partial charge >= 0.3 is 0 Å². The summed E-state index contributed by atoms with van der Waals surface area (Å²) < 4.78 is 18.1. The molecule has 0 aliphatic carbocycles. The van der Waals surface area contributed by atoms with Gasteiger partial charge in [0.2, 0.25) is 0 Å². The van der Waals surface area contributed by atoms with Gasteiger partial charge < -0.3 is 4.52 Å². The van der Waals surface area contributed by atoms with Gasteiger partial charge in [0.1, 0.15) is 11.5 Å². The molecule has 0 saturated carbocycles. The fourth-order valence-corrected chi connectivity index (χ4v) is 1.77. The second kappa shape index (κ2) is 4.45. The van der Waals surface area contributed by atoms with Crippen LogP contribution in [0.5, 0.6) is 0 Å². The summed E-state index contributed by atoms with van der Waals surface area (Å²) in [6.07, 6.45) is 0. The van der Waals surface area contributed by atoms with Crippen LogP contribution in [-0.4, -0.2) is 5.16 Å². The van der Waals surface area contributed by atoms with Gasteiger partial charge in [-0.15, -0.1) is 0 Å². The first-order valence-corrected chi connectivity index (χ1v) is 5.61. The maximum atomic E-state index is 12.8. The molecule has 0 bridgehead atoms. The van der Waals surface area contributed by atoms with Gasteiger partial charge in [-0.2, -0.15) is 0 Å². The Labute approximate surface area is 104 Å². The molecular formula is C15H10FNO. The molecule has 2 nitrogen and oxygen atoms in total. The third-order valence-electron chi connectivity index (χ3n) is 2.71. The maximum Gasteiger partial charge on any atom is 0.167 e. The van der Waals surface area contributed by atoms with E-state index in [1.165, 1.54) is 12.1 Å². The Bertz CT molecular complexity index is 644. The van der Waals surface area contributed by atoms with Gasteiger partial charge in [0, 0.05) is 17.2 Å². The Hall–Kier alpha value is -2.42. The van der Waals surface area contributed by atoms with Crippen molar-refractivity contribution in [3.05, 3.63) is 66.5 Å². The second-order valence-corrected chi connectivity index (χ2v) is 3.95. The summed E-state index contributed by atoms with van der Waals surface area (Å²) in [7, 11) is 0. The summed E-state index contributed by atoms with van der Waals surface area (Å²) in [4.78, 5) is 0. The second-order valence-electron chi connectivity index (χ2n) is 3.95. The van der Waals surface area contributed by atoms with E-state index in [-0.39, 0.29) is 5.82 Å². The highest BCUT2D eigenvalue weighted by atomic mass is 18.2. The van der Waals surface area contributed by atoms with Gasteiger partial charge in [0.05, 0.1) is 0 Å². The minimum Gasteiger partial charge on any atom is -0.356 e. The highest BCUT2D eigenvalue weighted by Gasteiger charge is 2.07. The van der Waals surface area contributed by atoms with Crippen LogP contribution in [0.3, 0.4) is 0 Å². The fourth-order valence-electron chi connectivity index (χ4n) is 1.77. The average molecular weight is 238 g/mol. The molecule has 0 radical (unpaired) electrons. The topological polar surface area (TPSA) is 26.0 Å². The van der Waals surface area contributed by atoms with E-state index in [1.807, 2.05) is 36.4 Å². The van der Waals surface area contributed by atoms with Crippen LogP contribution in [0.25, 0.3) is 22.6 Å². The standard InChI is InChI=1S/C15H10FNO/c16-13-8-6-11(7-9-13)14-10-15(18-17-14)12-4-2-1-3-5-12/h1-10H/i16-1. The van der Waals surface area contributed by atoms with Crippen LogP contribution in [0.1, 0.15) is 0 Å². The largest absolute Gasteiger partial charge is 0.356 e. The lowest BCUT2D eigenvalue weighted by atomic mass is 10.1. The molecular weight excluding hydrogens is 228 g/mol. The van der Waals surface area contributed by atoms with E-state index >= 15 is 0 Å². The SMILES string of the molecule is [18F]c1ccc(-c2cc(-c3ccccc3)on2)cc1. The molecule has 88 valence electrons. The van der Waals surface area contributed by atoms with Crippen molar-refractivity contribution in [1.29, 1.82) is 0 Å². The number of rotatable bonds is 2. The zero-order chi connectivity index (χ0) is 12.4. The van der Waals surface area contributed by atoms with Crippen LogP contribution in [0.15, 0.2) is 65.2 Å². The van der Waals surface area contributed by atoms with Crippen molar-refractivity contribution >= 4 is 0 Å². The molecule has 0 saturated heterocycles. The average Bonchev–Trinajstić information content (AvgIpc) is 2.90. The number of aromatic nitrogens is 1.